The van der Waals surface area contributed by atoms with E-state index in [-0.39, 0.29) is 36.6 Å². The monoisotopic (exact) mass is 413 g/mol. The summed E-state index contributed by atoms with van der Waals surface area (Å²) in [6, 6.07) is 3.99. The third-order valence-corrected chi connectivity index (χ3v) is 4.94. The molecular weight excluding hydrogens is 393 g/mol. The van der Waals surface area contributed by atoms with Gasteiger partial charge in [0.1, 0.15) is 29.5 Å². The van der Waals surface area contributed by atoms with Crippen molar-refractivity contribution < 1.29 is 14.0 Å². The Morgan fingerprint density at radius 1 is 1.27 bits per heavy atom. The van der Waals surface area contributed by atoms with Gasteiger partial charge in [-0.1, -0.05) is 0 Å². The molecule has 0 spiro atoms. The van der Waals surface area contributed by atoms with Gasteiger partial charge in [-0.2, -0.15) is 4.52 Å². The number of carbonyl (C=O) groups is 2. The first-order chi connectivity index (χ1) is 14.3. The average Bonchev–Trinajstić information content (AvgIpc) is 3.29. The highest BCUT2D eigenvalue weighted by atomic mass is 19.1. The molecule has 10 nitrogen and oxygen atoms in total. The number of rotatable bonds is 5. The van der Waals surface area contributed by atoms with Gasteiger partial charge in [0.25, 0.3) is 11.5 Å². The highest BCUT2D eigenvalue weighted by Crippen LogP contribution is 2.25. The topological polar surface area (TPSA) is 114 Å². The van der Waals surface area contributed by atoms with Crippen LogP contribution in [0.5, 0.6) is 0 Å². The van der Waals surface area contributed by atoms with Crippen molar-refractivity contribution in [3.05, 3.63) is 51.8 Å². The van der Waals surface area contributed by atoms with E-state index in [4.69, 9.17) is 0 Å². The molecule has 30 heavy (non-hydrogen) atoms. The van der Waals surface area contributed by atoms with E-state index in [0.717, 1.165) is 6.20 Å². The van der Waals surface area contributed by atoms with Crippen molar-refractivity contribution in [3.63, 3.8) is 0 Å². The van der Waals surface area contributed by atoms with Crippen LogP contribution in [0.1, 0.15) is 29.9 Å². The highest BCUT2D eigenvalue weighted by molar-refractivity contribution is 5.98. The lowest BCUT2D eigenvalue weighted by atomic mass is 10.2. The molecule has 0 saturated heterocycles. The molecule has 0 bridgehead atoms. The third-order valence-electron chi connectivity index (χ3n) is 4.94. The van der Waals surface area contributed by atoms with Crippen molar-refractivity contribution in [1.29, 1.82) is 0 Å². The Kier molecular flexibility index (Phi) is 4.72. The van der Waals surface area contributed by atoms with Gasteiger partial charge in [0.2, 0.25) is 5.91 Å². The predicted octanol–water partition coefficient (Wildman–Crippen LogP) is 1.07. The molecule has 4 heterocycles. The van der Waals surface area contributed by atoms with Crippen molar-refractivity contribution in [1.82, 2.24) is 24.1 Å². The molecule has 11 heteroatoms. The van der Waals surface area contributed by atoms with E-state index in [9.17, 15) is 18.8 Å². The summed E-state index contributed by atoms with van der Waals surface area (Å²) in [5.41, 5.74) is 0.379. The fourth-order valence-electron chi connectivity index (χ4n) is 3.46. The maximum atomic E-state index is 13.0. The largest absolute Gasteiger partial charge is 0.372 e. The maximum absolute atomic E-state index is 13.0. The summed E-state index contributed by atoms with van der Waals surface area (Å²) in [4.78, 5) is 44.1. The zero-order chi connectivity index (χ0) is 21.6. The first-order valence-corrected chi connectivity index (χ1v) is 9.35. The number of anilines is 2. The minimum atomic E-state index is -0.522. The van der Waals surface area contributed by atoms with Crippen LogP contribution >= 0.6 is 0 Å². The molecule has 0 aliphatic carbocycles. The van der Waals surface area contributed by atoms with E-state index in [1.807, 2.05) is 13.8 Å². The molecule has 3 aromatic heterocycles. The number of nitrogens with one attached hydrogen (secondary N) is 2. The molecular formula is C19H20FN7O3. The average molecular weight is 413 g/mol. The fraction of sp³-hybridized carbons (Fsp3) is 0.316. The van der Waals surface area contributed by atoms with Gasteiger partial charge in [-0.05, 0) is 26.0 Å². The van der Waals surface area contributed by atoms with E-state index in [2.05, 4.69) is 20.7 Å². The van der Waals surface area contributed by atoms with Gasteiger partial charge < -0.3 is 20.1 Å². The number of carbonyl (C=O) groups excluding carboxylic acids is 2. The molecule has 4 rings (SSSR count). The number of fused-ring (bicyclic) bond motifs is 2. The number of hydrogen-bond acceptors (Lipinski definition) is 6. The summed E-state index contributed by atoms with van der Waals surface area (Å²) >= 11 is 0. The first-order valence-electron chi connectivity index (χ1n) is 9.35. The van der Waals surface area contributed by atoms with Gasteiger partial charge in [0, 0.05) is 19.2 Å². The third kappa shape index (κ3) is 3.17. The van der Waals surface area contributed by atoms with Crippen LogP contribution < -0.4 is 16.2 Å². The second kappa shape index (κ2) is 7.25. The lowest BCUT2D eigenvalue weighted by Gasteiger charge is -2.20. The Hall–Kier alpha value is -3.76. The van der Waals surface area contributed by atoms with E-state index in [1.165, 1.54) is 21.2 Å². The Labute approximate surface area is 170 Å². The minimum absolute atomic E-state index is 0.116. The van der Waals surface area contributed by atoms with Gasteiger partial charge in [0.05, 0.1) is 18.3 Å². The molecule has 0 aromatic carbocycles. The van der Waals surface area contributed by atoms with E-state index in [1.54, 1.807) is 18.0 Å². The zero-order valence-corrected chi connectivity index (χ0v) is 16.6. The number of halogens is 1. The summed E-state index contributed by atoms with van der Waals surface area (Å²) in [6.45, 7) is 3.61. The minimum Gasteiger partial charge on any atom is -0.372 e. The second-order valence-corrected chi connectivity index (χ2v) is 7.20. The molecule has 2 N–H and O–H groups in total. The van der Waals surface area contributed by atoms with Crippen LogP contribution in [-0.4, -0.2) is 49.0 Å². The quantitative estimate of drug-likeness (QED) is 0.647. The Morgan fingerprint density at radius 3 is 2.67 bits per heavy atom. The van der Waals surface area contributed by atoms with Crippen LogP contribution in [0.2, 0.25) is 0 Å². The van der Waals surface area contributed by atoms with Crippen molar-refractivity contribution in [2.24, 2.45) is 0 Å². The summed E-state index contributed by atoms with van der Waals surface area (Å²) < 4.78 is 15.7. The van der Waals surface area contributed by atoms with E-state index >= 15 is 0 Å². The smallest absolute Gasteiger partial charge is 0.280 e. The molecule has 0 unspecified atom stereocenters. The lowest BCUT2D eigenvalue weighted by Crippen LogP contribution is -2.32. The van der Waals surface area contributed by atoms with Crippen molar-refractivity contribution in [3.8, 4) is 0 Å². The summed E-state index contributed by atoms with van der Waals surface area (Å²) in [5.74, 6) is -0.719. The Bertz CT molecular complexity index is 1210. The van der Waals surface area contributed by atoms with Crippen LogP contribution in [0.4, 0.5) is 16.0 Å². The van der Waals surface area contributed by atoms with Crippen LogP contribution in [0.15, 0.2) is 29.2 Å². The molecule has 156 valence electrons. The molecule has 0 radical (unpaired) electrons. The van der Waals surface area contributed by atoms with Crippen molar-refractivity contribution in [2.75, 3.05) is 17.7 Å². The van der Waals surface area contributed by atoms with Gasteiger partial charge in [0.15, 0.2) is 5.82 Å². The Morgan fingerprint density at radius 2 is 2.03 bits per heavy atom. The number of amides is 2. The van der Waals surface area contributed by atoms with Gasteiger partial charge in [-0.15, -0.1) is 5.10 Å². The second-order valence-electron chi connectivity index (χ2n) is 7.20. The summed E-state index contributed by atoms with van der Waals surface area (Å²) in [5, 5.41) is 9.65. The van der Waals surface area contributed by atoms with Crippen molar-refractivity contribution >= 4 is 29.1 Å². The first kappa shape index (κ1) is 19.6. The molecule has 3 aromatic rings. The fourth-order valence-corrected chi connectivity index (χ4v) is 3.46. The summed E-state index contributed by atoms with van der Waals surface area (Å²) in [6.07, 6.45) is 0.991. The van der Waals surface area contributed by atoms with Crippen LogP contribution in [0, 0.1) is 5.82 Å². The van der Waals surface area contributed by atoms with Crippen LogP contribution in [-0.2, 0) is 17.9 Å². The molecule has 0 fully saturated rings. The zero-order valence-electron chi connectivity index (χ0n) is 16.6. The number of nitrogens with zero attached hydrogens (tertiary/aromatic N) is 5. The number of hydrogen-bond donors (Lipinski definition) is 2. The van der Waals surface area contributed by atoms with Gasteiger partial charge in [-0.25, -0.2) is 9.37 Å². The standard InChI is InChI=1S/C19H20FN7O3/c1-10(2)25-8-12-17(19(25)30)26(16-6-14(21-3)24-27(16)18(12)29)9-15(28)23-13-5-4-11(20)7-22-13/h4-7,10H,8-9H2,1-3H3,(H,21,24)(H,22,23,28). The normalized spacial score (nSPS) is 13.2. The molecule has 2 amide bonds. The summed E-state index contributed by atoms with van der Waals surface area (Å²) in [7, 11) is 1.66. The van der Waals surface area contributed by atoms with E-state index in [0.29, 0.717) is 17.0 Å². The van der Waals surface area contributed by atoms with Crippen LogP contribution in [0.3, 0.4) is 0 Å². The van der Waals surface area contributed by atoms with Gasteiger partial charge in [-0.3, -0.25) is 14.4 Å². The number of aromatic nitrogens is 4. The lowest BCUT2D eigenvalue weighted by molar-refractivity contribution is -0.116. The molecule has 0 saturated carbocycles. The molecule has 1 aliphatic heterocycles. The predicted molar refractivity (Wildman–Crippen MR) is 107 cm³/mol. The highest BCUT2D eigenvalue weighted by Gasteiger charge is 2.36. The molecule has 0 atom stereocenters. The Balaban J connectivity index is 1.80. The van der Waals surface area contributed by atoms with Gasteiger partial charge >= 0.3 is 0 Å². The van der Waals surface area contributed by atoms with Crippen molar-refractivity contribution in [2.45, 2.75) is 33.0 Å². The molecule has 1 aliphatic rings. The SMILES string of the molecule is CNc1cc2n(CC(=O)Nc3ccc(F)cn3)c3c(c(=O)n2n1)CN(C(C)C)C3=O. The maximum Gasteiger partial charge on any atom is 0.280 e. The van der Waals surface area contributed by atoms with E-state index < -0.39 is 17.3 Å². The van der Waals surface area contributed by atoms with Crippen LogP contribution in [0.25, 0.3) is 5.65 Å². The number of pyridine rings is 1.